The lowest BCUT2D eigenvalue weighted by Crippen LogP contribution is -2.64. The van der Waals surface area contributed by atoms with E-state index in [2.05, 4.69) is 0 Å². The zero-order valence-electron chi connectivity index (χ0n) is 20.3. The molecule has 35 heavy (non-hydrogen) atoms. The Kier molecular flexibility index (Phi) is 5.81. The molecule has 0 radical (unpaired) electrons. The molecule has 3 N–H and O–H groups in total. The zero-order valence-corrected chi connectivity index (χ0v) is 20.3. The molecule has 8 atom stereocenters. The molecule has 188 valence electrons. The highest BCUT2D eigenvalue weighted by Crippen LogP contribution is 2.67. The Morgan fingerprint density at radius 1 is 1.14 bits per heavy atom. The lowest BCUT2D eigenvalue weighted by Gasteiger charge is -2.61. The van der Waals surface area contributed by atoms with Crippen molar-refractivity contribution in [3.8, 4) is 0 Å². The highest BCUT2D eigenvalue weighted by atomic mass is 16.5. The van der Waals surface area contributed by atoms with Crippen LogP contribution >= 0.6 is 0 Å². The first-order valence-electron chi connectivity index (χ1n) is 12.6. The summed E-state index contributed by atoms with van der Waals surface area (Å²) in [4.78, 5) is 38.2. The molecule has 4 aliphatic rings. The molecule has 0 bridgehead atoms. The Morgan fingerprint density at radius 3 is 2.54 bits per heavy atom. The van der Waals surface area contributed by atoms with Gasteiger partial charge in [0.05, 0.1) is 11.7 Å². The Balaban J connectivity index is 1.52. The van der Waals surface area contributed by atoms with Crippen LogP contribution in [0.3, 0.4) is 0 Å². The summed E-state index contributed by atoms with van der Waals surface area (Å²) in [6.07, 6.45) is 2.59. The van der Waals surface area contributed by atoms with Gasteiger partial charge in [-0.15, -0.1) is 0 Å². The minimum absolute atomic E-state index is 0.0162. The zero-order chi connectivity index (χ0) is 25.2. The monoisotopic (exact) mass is 482 g/mol. The Bertz CT molecular complexity index is 1080. The molecule has 7 nitrogen and oxygen atoms in total. The lowest BCUT2D eigenvalue weighted by atomic mass is 9.44. The van der Waals surface area contributed by atoms with E-state index in [1.165, 1.54) is 0 Å². The highest BCUT2D eigenvalue weighted by molar-refractivity contribution is 5.94. The third kappa shape index (κ3) is 3.39. The lowest BCUT2D eigenvalue weighted by molar-refractivity contribution is -0.191. The van der Waals surface area contributed by atoms with Gasteiger partial charge in [0.2, 0.25) is 0 Å². The molecule has 3 saturated carbocycles. The number of ether oxygens (including phenoxy) is 1. The summed E-state index contributed by atoms with van der Waals surface area (Å²) in [5.41, 5.74) is -1.94. The standard InChI is InChI=1S/C28H34O7/c1-26-14-21(31)24-19(20(26)10-11-28(26,34)22(32)15-29)9-8-17-12-18(30)13-23(27(17,24)2)35-25(33)16-6-4-3-5-7-16/h3-7,12,19-21,23-24,29,31,34H,8-11,13-15H2,1-2H3/t19-,20-,21-,23?,24+,26-,27+,28-/m0/s1. The van der Waals surface area contributed by atoms with Crippen LogP contribution < -0.4 is 0 Å². The van der Waals surface area contributed by atoms with E-state index in [9.17, 15) is 29.7 Å². The van der Waals surface area contributed by atoms with Gasteiger partial charge in [-0.2, -0.15) is 0 Å². The Labute approximate surface area is 205 Å². The number of hydrogen-bond donors (Lipinski definition) is 3. The second-order valence-corrected chi connectivity index (χ2v) is 11.4. The van der Waals surface area contributed by atoms with Gasteiger partial charge in [-0.25, -0.2) is 4.79 Å². The molecule has 1 aromatic carbocycles. The number of hydrogen-bond acceptors (Lipinski definition) is 7. The van der Waals surface area contributed by atoms with Gasteiger partial charge in [-0.3, -0.25) is 9.59 Å². The molecule has 5 rings (SSSR count). The van der Waals surface area contributed by atoms with Gasteiger partial charge in [0.25, 0.3) is 0 Å². The minimum Gasteiger partial charge on any atom is -0.457 e. The van der Waals surface area contributed by atoms with E-state index in [-0.39, 0.29) is 42.8 Å². The van der Waals surface area contributed by atoms with Crippen molar-refractivity contribution < 1.29 is 34.4 Å². The number of ketones is 2. The van der Waals surface area contributed by atoms with Crippen molar-refractivity contribution in [1.29, 1.82) is 0 Å². The Morgan fingerprint density at radius 2 is 1.86 bits per heavy atom. The normalized spacial score (nSPS) is 42.4. The summed E-state index contributed by atoms with van der Waals surface area (Å²) in [5, 5.41) is 32.5. The summed E-state index contributed by atoms with van der Waals surface area (Å²) in [6.45, 7) is 3.13. The average molecular weight is 483 g/mol. The predicted molar refractivity (Wildman–Crippen MR) is 126 cm³/mol. The van der Waals surface area contributed by atoms with Crippen molar-refractivity contribution in [2.24, 2.45) is 28.6 Å². The highest BCUT2D eigenvalue weighted by Gasteiger charge is 2.69. The van der Waals surface area contributed by atoms with Gasteiger partial charge in [0.15, 0.2) is 11.6 Å². The van der Waals surface area contributed by atoms with E-state index in [1.807, 2.05) is 19.9 Å². The molecular weight excluding hydrogens is 448 g/mol. The van der Waals surface area contributed by atoms with Crippen LogP contribution in [-0.4, -0.2) is 57.3 Å². The fourth-order valence-corrected chi connectivity index (χ4v) is 8.23. The van der Waals surface area contributed by atoms with Crippen molar-refractivity contribution >= 4 is 17.5 Å². The topological polar surface area (TPSA) is 121 Å². The summed E-state index contributed by atoms with van der Waals surface area (Å²) in [7, 11) is 0. The fourth-order valence-electron chi connectivity index (χ4n) is 8.23. The van der Waals surface area contributed by atoms with Crippen LogP contribution in [-0.2, 0) is 14.3 Å². The number of fused-ring (bicyclic) bond motifs is 5. The largest absolute Gasteiger partial charge is 0.457 e. The second kappa shape index (κ2) is 8.36. The van der Waals surface area contributed by atoms with Gasteiger partial charge in [-0.1, -0.05) is 37.6 Å². The first-order valence-corrected chi connectivity index (χ1v) is 12.6. The maximum absolute atomic E-state index is 13.0. The van der Waals surface area contributed by atoms with Crippen LogP contribution in [0.5, 0.6) is 0 Å². The van der Waals surface area contributed by atoms with Gasteiger partial charge in [0.1, 0.15) is 18.3 Å². The van der Waals surface area contributed by atoms with E-state index in [1.54, 1.807) is 30.3 Å². The van der Waals surface area contributed by atoms with E-state index in [4.69, 9.17) is 4.74 Å². The minimum atomic E-state index is -1.67. The molecule has 0 spiro atoms. The number of carbonyl (C=O) groups is 3. The number of Topliss-reactive ketones (excluding diaryl/α,β-unsaturated/α-hetero) is 1. The molecule has 0 saturated heterocycles. The molecule has 1 aromatic rings. The summed E-state index contributed by atoms with van der Waals surface area (Å²) in [5.74, 6) is -1.49. The first-order chi connectivity index (χ1) is 16.6. The number of benzene rings is 1. The number of esters is 1. The van der Waals surface area contributed by atoms with Crippen LogP contribution in [0, 0.1) is 28.6 Å². The van der Waals surface area contributed by atoms with Crippen LogP contribution in [0.4, 0.5) is 0 Å². The smallest absolute Gasteiger partial charge is 0.338 e. The average Bonchev–Trinajstić information content (AvgIpc) is 3.10. The molecule has 0 amide bonds. The van der Waals surface area contributed by atoms with E-state index in [0.29, 0.717) is 18.4 Å². The molecular formula is C28H34O7. The van der Waals surface area contributed by atoms with Crippen molar-refractivity contribution in [3.05, 3.63) is 47.5 Å². The van der Waals surface area contributed by atoms with Crippen LogP contribution in [0.2, 0.25) is 0 Å². The van der Waals surface area contributed by atoms with Crippen LogP contribution in [0.1, 0.15) is 62.7 Å². The van der Waals surface area contributed by atoms with Crippen molar-refractivity contribution in [2.75, 3.05) is 6.61 Å². The second-order valence-electron chi connectivity index (χ2n) is 11.4. The molecule has 0 heterocycles. The summed E-state index contributed by atoms with van der Waals surface area (Å²) < 4.78 is 6.00. The third-order valence-corrected chi connectivity index (χ3v) is 9.99. The Hall–Kier alpha value is -2.35. The molecule has 7 heteroatoms. The maximum atomic E-state index is 13.0. The van der Waals surface area contributed by atoms with Gasteiger partial charge in [0, 0.05) is 23.2 Å². The first kappa shape index (κ1) is 24.3. The number of carbonyl (C=O) groups excluding carboxylic acids is 3. The molecule has 0 aromatic heterocycles. The third-order valence-electron chi connectivity index (χ3n) is 9.99. The van der Waals surface area contributed by atoms with E-state index >= 15 is 0 Å². The van der Waals surface area contributed by atoms with Crippen LogP contribution in [0.25, 0.3) is 0 Å². The maximum Gasteiger partial charge on any atom is 0.338 e. The molecule has 0 aliphatic heterocycles. The number of aliphatic hydroxyl groups excluding tert-OH is 2. The van der Waals surface area contributed by atoms with Crippen molar-refractivity contribution in [2.45, 2.75) is 70.2 Å². The predicted octanol–water partition coefficient (Wildman–Crippen LogP) is 2.62. The van der Waals surface area contributed by atoms with Gasteiger partial charge < -0.3 is 20.1 Å². The fraction of sp³-hybridized carbons (Fsp3) is 0.607. The number of rotatable bonds is 4. The number of aliphatic hydroxyl groups is 3. The SMILES string of the molecule is C[C@]12C[C@H](O)[C@H]3[C@@H](CCC4=CC(=O)CC(OC(=O)c5ccccc5)[C@@]43C)[C@@H]1CC[C@]2(O)C(=O)CO. The van der Waals surface area contributed by atoms with E-state index in [0.717, 1.165) is 12.0 Å². The van der Waals surface area contributed by atoms with Crippen molar-refractivity contribution in [1.82, 2.24) is 0 Å². The summed E-state index contributed by atoms with van der Waals surface area (Å²) >= 11 is 0. The molecule has 3 fully saturated rings. The molecule has 1 unspecified atom stereocenters. The quantitative estimate of drug-likeness (QED) is 0.564. The van der Waals surface area contributed by atoms with Crippen molar-refractivity contribution in [3.63, 3.8) is 0 Å². The van der Waals surface area contributed by atoms with E-state index < -0.39 is 47.0 Å². The van der Waals surface area contributed by atoms with Gasteiger partial charge >= 0.3 is 5.97 Å². The van der Waals surface area contributed by atoms with Gasteiger partial charge in [-0.05, 0) is 62.1 Å². The summed E-state index contributed by atoms with van der Waals surface area (Å²) in [6, 6.07) is 8.68. The molecule has 4 aliphatic carbocycles. The van der Waals surface area contributed by atoms with Crippen LogP contribution in [0.15, 0.2) is 42.0 Å².